The van der Waals surface area contributed by atoms with E-state index in [1.807, 2.05) is 6.07 Å². The van der Waals surface area contributed by atoms with Gasteiger partial charge in [0.25, 0.3) is 0 Å². The second kappa shape index (κ2) is 7.64. The SMILES string of the molecule is N#Cc1ccc(S(=O)(=O)N2CCC(C(=O)Nc3ccncc3)CC2)cc1. The number of hydrogen-bond acceptors (Lipinski definition) is 5. The van der Waals surface area contributed by atoms with Gasteiger partial charge in [0.15, 0.2) is 0 Å². The second-order valence-corrected chi connectivity index (χ2v) is 7.98. The summed E-state index contributed by atoms with van der Waals surface area (Å²) in [5, 5.41) is 11.6. The van der Waals surface area contributed by atoms with Crippen LogP contribution in [0.2, 0.25) is 0 Å². The fraction of sp³-hybridized carbons (Fsp3) is 0.278. The molecular formula is C18H18N4O3S. The Balaban J connectivity index is 1.62. The van der Waals surface area contributed by atoms with E-state index in [1.54, 1.807) is 24.5 Å². The lowest BCUT2D eigenvalue weighted by molar-refractivity contribution is -0.120. The van der Waals surface area contributed by atoms with E-state index in [2.05, 4.69) is 10.3 Å². The Hall–Kier alpha value is -2.76. The Morgan fingerprint density at radius 1 is 1.12 bits per heavy atom. The monoisotopic (exact) mass is 370 g/mol. The van der Waals surface area contributed by atoms with Gasteiger partial charge >= 0.3 is 0 Å². The number of pyridine rings is 1. The average molecular weight is 370 g/mol. The molecule has 1 N–H and O–H groups in total. The summed E-state index contributed by atoms with van der Waals surface area (Å²) in [5.41, 5.74) is 1.09. The number of anilines is 1. The number of nitriles is 1. The van der Waals surface area contributed by atoms with Crippen LogP contribution in [-0.2, 0) is 14.8 Å². The first kappa shape index (κ1) is 18.0. The van der Waals surface area contributed by atoms with Crippen molar-refractivity contribution < 1.29 is 13.2 Å². The first-order valence-electron chi connectivity index (χ1n) is 8.22. The molecule has 1 saturated heterocycles. The molecule has 1 aromatic heterocycles. The lowest BCUT2D eigenvalue weighted by Gasteiger charge is -2.30. The van der Waals surface area contributed by atoms with Gasteiger partial charge in [0.05, 0.1) is 16.5 Å². The van der Waals surface area contributed by atoms with Gasteiger partial charge in [-0.2, -0.15) is 9.57 Å². The zero-order valence-electron chi connectivity index (χ0n) is 14.0. The number of amides is 1. The Morgan fingerprint density at radius 3 is 2.31 bits per heavy atom. The molecular weight excluding hydrogens is 352 g/mol. The van der Waals surface area contributed by atoms with Crippen LogP contribution in [0.1, 0.15) is 18.4 Å². The lowest BCUT2D eigenvalue weighted by Crippen LogP contribution is -2.41. The van der Waals surface area contributed by atoms with Crippen molar-refractivity contribution in [3.05, 3.63) is 54.4 Å². The number of carbonyl (C=O) groups is 1. The Bertz CT molecular complexity index is 913. The van der Waals surface area contributed by atoms with Gasteiger partial charge in [0, 0.05) is 37.1 Å². The fourth-order valence-corrected chi connectivity index (χ4v) is 4.36. The molecule has 2 aromatic rings. The van der Waals surface area contributed by atoms with Crippen molar-refractivity contribution in [2.24, 2.45) is 5.92 Å². The number of nitrogens with one attached hydrogen (secondary N) is 1. The number of hydrogen-bond donors (Lipinski definition) is 1. The maximum Gasteiger partial charge on any atom is 0.243 e. The van der Waals surface area contributed by atoms with Crippen molar-refractivity contribution in [2.75, 3.05) is 18.4 Å². The van der Waals surface area contributed by atoms with E-state index < -0.39 is 10.0 Å². The van der Waals surface area contributed by atoms with E-state index in [9.17, 15) is 13.2 Å². The van der Waals surface area contributed by atoms with Gasteiger partial charge in [-0.3, -0.25) is 9.78 Å². The summed E-state index contributed by atoms with van der Waals surface area (Å²) in [6.45, 7) is 0.577. The van der Waals surface area contributed by atoms with E-state index in [0.717, 1.165) is 0 Å². The van der Waals surface area contributed by atoms with Crippen LogP contribution in [0, 0.1) is 17.2 Å². The minimum atomic E-state index is -3.61. The van der Waals surface area contributed by atoms with E-state index in [1.165, 1.54) is 28.6 Å². The highest BCUT2D eigenvalue weighted by molar-refractivity contribution is 7.89. The van der Waals surface area contributed by atoms with Crippen molar-refractivity contribution in [3.63, 3.8) is 0 Å². The topological polar surface area (TPSA) is 103 Å². The zero-order chi connectivity index (χ0) is 18.6. The molecule has 1 amide bonds. The third-order valence-corrected chi connectivity index (χ3v) is 6.31. The summed E-state index contributed by atoms with van der Waals surface area (Å²) in [6.07, 6.45) is 4.13. The standard InChI is InChI=1S/C18H18N4O3S/c19-13-14-1-3-17(4-2-14)26(24,25)22-11-7-15(8-12-22)18(23)21-16-5-9-20-10-6-16/h1-6,9-10,15H,7-8,11-12H2,(H,20,21,23). The van der Waals surface area contributed by atoms with Crippen molar-refractivity contribution in [1.29, 1.82) is 5.26 Å². The van der Waals surface area contributed by atoms with Crippen LogP contribution in [0.25, 0.3) is 0 Å². The highest BCUT2D eigenvalue weighted by atomic mass is 32.2. The number of nitrogens with zero attached hydrogens (tertiary/aromatic N) is 3. The molecule has 134 valence electrons. The van der Waals surface area contributed by atoms with Gasteiger partial charge in [0.1, 0.15) is 0 Å². The van der Waals surface area contributed by atoms with Gasteiger partial charge in [-0.15, -0.1) is 0 Å². The van der Waals surface area contributed by atoms with Gasteiger partial charge in [0.2, 0.25) is 15.9 Å². The number of benzene rings is 1. The van der Waals surface area contributed by atoms with Crippen molar-refractivity contribution in [2.45, 2.75) is 17.7 Å². The van der Waals surface area contributed by atoms with Crippen LogP contribution in [0.3, 0.4) is 0 Å². The van der Waals surface area contributed by atoms with Crippen LogP contribution in [0.5, 0.6) is 0 Å². The van der Waals surface area contributed by atoms with Crippen LogP contribution in [0.15, 0.2) is 53.7 Å². The quantitative estimate of drug-likeness (QED) is 0.886. The predicted octanol–water partition coefficient (Wildman–Crippen LogP) is 1.99. The van der Waals surface area contributed by atoms with Crippen molar-refractivity contribution in [1.82, 2.24) is 9.29 Å². The highest BCUT2D eigenvalue weighted by Gasteiger charge is 2.32. The highest BCUT2D eigenvalue weighted by Crippen LogP contribution is 2.25. The van der Waals surface area contributed by atoms with E-state index in [-0.39, 0.29) is 29.8 Å². The molecule has 1 fully saturated rings. The number of aromatic nitrogens is 1. The van der Waals surface area contributed by atoms with Crippen molar-refractivity contribution >= 4 is 21.6 Å². The van der Waals surface area contributed by atoms with E-state index in [0.29, 0.717) is 24.1 Å². The van der Waals surface area contributed by atoms with Crippen LogP contribution in [0.4, 0.5) is 5.69 Å². The Morgan fingerprint density at radius 2 is 1.73 bits per heavy atom. The molecule has 26 heavy (non-hydrogen) atoms. The molecule has 1 aliphatic rings. The first-order chi connectivity index (χ1) is 12.5. The third-order valence-electron chi connectivity index (χ3n) is 4.39. The predicted molar refractivity (Wildman–Crippen MR) is 95.5 cm³/mol. The number of sulfonamides is 1. The van der Waals surface area contributed by atoms with E-state index >= 15 is 0 Å². The minimum absolute atomic E-state index is 0.105. The molecule has 7 nitrogen and oxygen atoms in total. The largest absolute Gasteiger partial charge is 0.326 e. The molecule has 0 spiro atoms. The van der Waals surface area contributed by atoms with Crippen molar-refractivity contribution in [3.8, 4) is 6.07 Å². The summed E-state index contributed by atoms with van der Waals surface area (Å²) < 4.78 is 26.8. The molecule has 0 bridgehead atoms. The fourth-order valence-electron chi connectivity index (χ4n) is 2.89. The number of carbonyl (C=O) groups excluding carboxylic acids is 1. The normalized spacial score (nSPS) is 16.0. The van der Waals surface area contributed by atoms with Crippen LogP contribution >= 0.6 is 0 Å². The summed E-state index contributed by atoms with van der Waals surface area (Å²) in [7, 11) is -3.61. The molecule has 2 heterocycles. The first-order valence-corrected chi connectivity index (χ1v) is 9.66. The molecule has 8 heteroatoms. The van der Waals surface area contributed by atoms with Gasteiger partial charge in [-0.25, -0.2) is 8.42 Å². The smallest absolute Gasteiger partial charge is 0.243 e. The lowest BCUT2D eigenvalue weighted by atomic mass is 9.97. The van der Waals surface area contributed by atoms with E-state index in [4.69, 9.17) is 5.26 Å². The molecule has 3 rings (SSSR count). The summed E-state index contributed by atoms with van der Waals surface area (Å²) in [4.78, 5) is 16.4. The maximum absolute atomic E-state index is 12.7. The molecule has 0 radical (unpaired) electrons. The Labute approximate surface area is 152 Å². The summed E-state index contributed by atoms with van der Waals surface area (Å²) in [6, 6.07) is 11.2. The summed E-state index contributed by atoms with van der Waals surface area (Å²) >= 11 is 0. The molecule has 0 aliphatic carbocycles. The molecule has 1 aromatic carbocycles. The van der Waals surface area contributed by atoms with Crippen LogP contribution < -0.4 is 5.32 Å². The number of piperidine rings is 1. The maximum atomic E-state index is 12.7. The number of rotatable bonds is 4. The molecule has 0 atom stereocenters. The summed E-state index contributed by atoms with van der Waals surface area (Å²) in [5.74, 6) is -0.331. The molecule has 0 unspecified atom stereocenters. The van der Waals surface area contributed by atoms with Crippen LogP contribution in [-0.4, -0.2) is 36.7 Å². The molecule has 0 saturated carbocycles. The third kappa shape index (κ3) is 3.90. The minimum Gasteiger partial charge on any atom is -0.326 e. The second-order valence-electron chi connectivity index (χ2n) is 6.04. The van der Waals surface area contributed by atoms with Gasteiger partial charge in [-0.05, 0) is 49.2 Å². The average Bonchev–Trinajstić information content (AvgIpc) is 2.69. The molecule has 1 aliphatic heterocycles. The Kier molecular flexibility index (Phi) is 5.30. The zero-order valence-corrected chi connectivity index (χ0v) is 14.8. The van der Waals surface area contributed by atoms with Gasteiger partial charge < -0.3 is 5.32 Å². The van der Waals surface area contributed by atoms with Gasteiger partial charge in [-0.1, -0.05) is 0 Å².